The molecule has 0 heterocycles. The fourth-order valence-electron chi connectivity index (χ4n) is 6.14. The summed E-state index contributed by atoms with van der Waals surface area (Å²) in [4.78, 5) is 34.9. The van der Waals surface area contributed by atoms with Crippen molar-refractivity contribution < 1.29 is 37.6 Å². The number of esters is 2. The average molecular weight is 848 g/mol. The van der Waals surface area contributed by atoms with E-state index in [2.05, 4.69) is 80.7 Å². The molecule has 0 rings (SSSR count). The number of phosphoric acid groups is 1. The number of hydrogen-bond acceptors (Lipinski definition) is 8. The van der Waals surface area contributed by atoms with Gasteiger partial charge in [-0.1, -0.05) is 177 Å². The van der Waals surface area contributed by atoms with Gasteiger partial charge in [-0.15, -0.1) is 0 Å². The fraction of sp³-hybridized carbons (Fsp3) is 0.714. The van der Waals surface area contributed by atoms with Gasteiger partial charge in [0.15, 0.2) is 6.10 Å². The van der Waals surface area contributed by atoms with Gasteiger partial charge in [0.2, 0.25) is 0 Å². The van der Waals surface area contributed by atoms with Crippen LogP contribution >= 0.6 is 7.82 Å². The third-order valence-corrected chi connectivity index (χ3v) is 10.6. The molecule has 0 aromatic rings. The van der Waals surface area contributed by atoms with Crippen LogP contribution in [0.5, 0.6) is 0 Å². The summed E-state index contributed by atoms with van der Waals surface area (Å²) < 4.78 is 32.8. The summed E-state index contributed by atoms with van der Waals surface area (Å²) in [5, 5.41) is 0. The van der Waals surface area contributed by atoms with Crippen LogP contribution in [-0.2, 0) is 32.7 Å². The number of phosphoric ester groups is 1. The highest BCUT2D eigenvalue weighted by Crippen LogP contribution is 2.43. The van der Waals surface area contributed by atoms with Crippen LogP contribution in [0.2, 0.25) is 0 Å². The van der Waals surface area contributed by atoms with Gasteiger partial charge in [0.05, 0.1) is 13.2 Å². The van der Waals surface area contributed by atoms with Crippen LogP contribution < -0.4 is 5.73 Å². The second-order valence-electron chi connectivity index (χ2n) is 15.2. The lowest BCUT2D eigenvalue weighted by Crippen LogP contribution is -2.29. The molecular formula is C49H86NO8P. The number of unbranched alkanes of at least 4 members (excludes halogenated alkanes) is 18. The number of hydrogen-bond donors (Lipinski definition) is 2. The van der Waals surface area contributed by atoms with Gasteiger partial charge in [0.25, 0.3) is 0 Å². The van der Waals surface area contributed by atoms with Crippen LogP contribution in [0, 0.1) is 0 Å². The van der Waals surface area contributed by atoms with E-state index in [1.54, 1.807) is 0 Å². The number of carbonyl (C=O) groups excluding carboxylic acids is 2. The molecule has 0 radical (unpaired) electrons. The van der Waals surface area contributed by atoms with Crippen LogP contribution in [0.1, 0.15) is 194 Å². The molecule has 10 heteroatoms. The zero-order valence-electron chi connectivity index (χ0n) is 37.5. The summed E-state index contributed by atoms with van der Waals surface area (Å²) in [5.41, 5.74) is 5.35. The Morgan fingerprint density at radius 2 is 0.949 bits per heavy atom. The second kappa shape index (κ2) is 45.0. The molecule has 9 nitrogen and oxygen atoms in total. The van der Waals surface area contributed by atoms with Gasteiger partial charge < -0.3 is 20.1 Å². The first-order valence-corrected chi connectivity index (χ1v) is 24.9. The van der Waals surface area contributed by atoms with Crippen molar-refractivity contribution in [1.82, 2.24) is 0 Å². The topological polar surface area (TPSA) is 134 Å². The van der Waals surface area contributed by atoms with Crippen molar-refractivity contribution in [1.29, 1.82) is 0 Å². The second-order valence-corrected chi connectivity index (χ2v) is 16.7. The third-order valence-electron chi connectivity index (χ3n) is 9.58. The molecule has 0 bridgehead atoms. The molecule has 0 spiro atoms. The Bertz CT molecular complexity index is 1190. The van der Waals surface area contributed by atoms with Crippen molar-refractivity contribution in [3.8, 4) is 0 Å². The Morgan fingerprint density at radius 3 is 1.46 bits per heavy atom. The van der Waals surface area contributed by atoms with Crippen molar-refractivity contribution in [2.45, 2.75) is 200 Å². The summed E-state index contributed by atoms with van der Waals surface area (Å²) in [5.74, 6) is -0.901. The van der Waals surface area contributed by atoms with Crippen molar-refractivity contribution in [3.05, 3.63) is 72.9 Å². The van der Waals surface area contributed by atoms with Gasteiger partial charge in [0, 0.05) is 19.4 Å². The zero-order chi connectivity index (χ0) is 43.2. The minimum absolute atomic E-state index is 0.0410. The molecule has 0 aromatic carbocycles. The van der Waals surface area contributed by atoms with Crippen molar-refractivity contribution in [2.75, 3.05) is 26.4 Å². The smallest absolute Gasteiger partial charge is 0.462 e. The Morgan fingerprint density at radius 1 is 0.525 bits per heavy atom. The monoisotopic (exact) mass is 848 g/mol. The first-order chi connectivity index (χ1) is 28.8. The van der Waals surface area contributed by atoms with Crippen LogP contribution in [-0.4, -0.2) is 49.3 Å². The molecule has 0 saturated carbocycles. The lowest BCUT2D eigenvalue weighted by Gasteiger charge is -2.19. The van der Waals surface area contributed by atoms with Gasteiger partial charge in [-0.25, -0.2) is 4.57 Å². The van der Waals surface area contributed by atoms with E-state index in [0.717, 1.165) is 57.8 Å². The normalized spacial score (nSPS) is 13.9. The summed E-state index contributed by atoms with van der Waals surface area (Å²) >= 11 is 0. The number of nitrogens with two attached hydrogens (primary N) is 1. The third kappa shape index (κ3) is 44.8. The minimum Gasteiger partial charge on any atom is -0.462 e. The van der Waals surface area contributed by atoms with Crippen LogP contribution in [0.25, 0.3) is 0 Å². The molecule has 0 aliphatic carbocycles. The molecule has 0 aromatic heterocycles. The molecule has 2 atom stereocenters. The highest BCUT2D eigenvalue weighted by molar-refractivity contribution is 7.47. The van der Waals surface area contributed by atoms with E-state index in [0.29, 0.717) is 12.8 Å². The Labute approximate surface area is 361 Å². The average Bonchev–Trinajstić information content (AvgIpc) is 3.22. The first-order valence-electron chi connectivity index (χ1n) is 23.4. The fourth-order valence-corrected chi connectivity index (χ4v) is 6.90. The minimum atomic E-state index is -4.40. The summed E-state index contributed by atoms with van der Waals surface area (Å²) in [6, 6.07) is 0. The van der Waals surface area contributed by atoms with Crippen LogP contribution in [0.4, 0.5) is 0 Å². The zero-order valence-corrected chi connectivity index (χ0v) is 38.4. The first kappa shape index (κ1) is 56.5. The number of allylic oxidation sites excluding steroid dienone is 12. The van der Waals surface area contributed by atoms with Crippen LogP contribution in [0.15, 0.2) is 72.9 Å². The molecule has 0 aliphatic heterocycles. The van der Waals surface area contributed by atoms with E-state index in [-0.39, 0.29) is 32.6 Å². The molecule has 0 fully saturated rings. The largest absolute Gasteiger partial charge is 0.472 e. The SMILES string of the molecule is CC/C=C\C/C=C\C/C=C\C/C=C\C/C=C\CCCC(=O)OC(COC(=O)CCCCCCCCCCC/C=C\CCCCCCCCCC)COP(=O)(O)OCCN. The van der Waals surface area contributed by atoms with Crippen molar-refractivity contribution in [2.24, 2.45) is 5.73 Å². The van der Waals surface area contributed by atoms with E-state index in [1.807, 2.05) is 6.08 Å². The predicted molar refractivity (Wildman–Crippen MR) is 247 cm³/mol. The van der Waals surface area contributed by atoms with Gasteiger partial charge in [-0.3, -0.25) is 18.6 Å². The summed E-state index contributed by atoms with van der Waals surface area (Å²) in [7, 11) is -4.40. The maximum Gasteiger partial charge on any atom is 0.472 e. The quantitative estimate of drug-likeness (QED) is 0.0266. The molecule has 59 heavy (non-hydrogen) atoms. The van der Waals surface area contributed by atoms with E-state index < -0.39 is 32.5 Å². The Kier molecular flexibility index (Phi) is 43.0. The maximum absolute atomic E-state index is 12.6. The molecular weight excluding hydrogens is 762 g/mol. The van der Waals surface area contributed by atoms with Gasteiger partial charge in [-0.2, -0.15) is 0 Å². The molecule has 0 aliphatic rings. The lowest BCUT2D eigenvalue weighted by molar-refractivity contribution is -0.161. The van der Waals surface area contributed by atoms with Gasteiger partial charge in [-0.05, 0) is 77.0 Å². The van der Waals surface area contributed by atoms with Crippen molar-refractivity contribution in [3.63, 3.8) is 0 Å². The van der Waals surface area contributed by atoms with Crippen LogP contribution in [0.3, 0.4) is 0 Å². The van der Waals surface area contributed by atoms with Gasteiger partial charge in [0.1, 0.15) is 6.61 Å². The standard InChI is InChI=1S/C49H86NO8P/c1-3-5-7-9-11-13-15-17-19-21-22-23-24-26-27-29-31-33-35-37-39-41-48(51)55-45-47(46-57-59(53,54)56-44-43-50)58-49(52)42-40-38-36-34-32-30-28-25-20-18-16-14-12-10-8-6-4-2/h6,8,12,14,18,20-22,28,30,34,36,47H,3-5,7,9-11,13,15-17,19,23-27,29,31-33,35,37-46,50H2,1-2H3,(H,53,54)/b8-6-,14-12-,20-18-,22-21-,30-28-,36-34-. The van der Waals surface area contributed by atoms with E-state index in [4.69, 9.17) is 24.3 Å². The molecule has 2 unspecified atom stereocenters. The van der Waals surface area contributed by atoms with Gasteiger partial charge >= 0.3 is 19.8 Å². The van der Waals surface area contributed by atoms with E-state index >= 15 is 0 Å². The van der Waals surface area contributed by atoms with E-state index in [1.165, 1.54) is 96.3 Å². The Balaban J connectivity index is 4.17. The molecule has 0 amide bonds. The number of rotatable bonds is 43. The highest BCUT2D eigenvalue weighted by Gasteiger charge is 2.26. The summed E-state index contributed by atoms with van der Waals surface area (Å²) in [6.45, 7) is 3.55. The molecule has 3 N–H and O–H groups in total. The van der Waals surface area contributed by atoms with E-state index in [9.17, 15) is 19.0 Å². The lowest BCUT2D eigenvalue weighted by atomic mass is 10.1. The Hall–Kier alpha value is -2.55. The molecule has 0 saturated heterocycles. The number of carbonyl (C=O) groups is 2. The summed E-state index contributed by atoms with van der Waals surface area (Å²) in [6.07, 6.45) is 55.2. The van der Waals surface area contributed by atoms with Crippen molar-refractivity contribution >= 4 is 19.8 Å². The predicted octanol–water partition coefficient (Wildman–Crippen LogP) is 13.8. The maximum atomic E-state index is 12.6. The molecule has 340 valence electrons. The number of ether oxygens (including phenoxy) is 2. The highest BCUT2D eigenvalue weighted by atomic mass is 31.2.